The number of hydrogen-bond acceptors (Lipinski definition) is 5. The van der Waals surface area contributed by atoms with E-state index in [1.54, 1.807) is 12.4 Å². The van der Waals surface area contributed by atoms with Crippen LogP contribution in [0.5, 0.6) is 0 Å². The fourth-order valence-electron chi connectivity index (χ4n) is 6.61. The van der Waals surface area contributed by atoms with Crippen molar-refractivity contribution in [3.05, 3.63) is 133 Å². The van der Waals surface area contributed by atoms with Crippen molar-refractivity contribution in [2.75, 3.05) is 39.3 Å². The van der Waals surface area contributed by atoms with Gasteiger partial charge in [0.05, 0.1) is 11.4 Å². The average molecular weight is 608 g/mol. The van der Waals surface area contributed by atoms with Gasteiger partial charge in [-0.3, -0.25) is 19.5 Å². The van der Waals surface area contributed by atoms with Crippen LogP contribution in [0.2, 0.25) is 0 Å². The highest BCUT2D eigenvalue weighted by molar-refractivity contribution is 5.96. The summed E-state index contributed by atoms with van der Waals surface area (Å²) in [5.74, 6) is 0.143. The van der Waals surface area contributed by atoms with Crippen LogP contribution in [-0.4, -0.2) is 81.8 Å². The van der Waals surface area contributed by atoms with Gasteiger partial charge in [0.1, 0.15) is 0 Å². The molecule has 2 saturated heterocycles. The highest BCUT2D eigenvalue weighted by atomic mass is 16.2. The maximum atomic E-state index is 13.8. The minimum absolute atomic E-state index is 0.0479. The van der Waals surface area contributed by atoms with E-state index in [4.69, 9.17) is 4.98 Å². The number of piperazine rings is 1. The molecule has 0 radical (unpaired) electrons. The first kappa shape index (κ1) is 29.6. The monoisotopic (exact) mass is 607 g/mol. The number of hydrogen-bond donors (Lipinski definition) is 0. The number of likely N-dealkylation sites (tertiary alicyclic amines) is 1. The predicted molar refractivity (Wildman–Crippen MR) is 181 cm³/mol. The lowest BCUT2D eigenvalue weighted by Gasteiger charge is -2.42. The van der Waals surface area contributed by atoms with Gasteiger partial charge < -0.3 is 9.80 Å². The summed E-state index contributed by atoms with van der Waals surface area (Å²) in [6, 6.07) is 36.2. The van der Waals surface area contributed by atoms with Crippen molar-refractivity contribution in [3.8, 4) is 33.6 Å². The first-order valence-electron chi connectivity index (χ1n) is 16.1. The average Bonchev–Trinajstić information content (AvgIpc) is 3.15. The summed E-state index contributed by atoms with van der Waals surface area (Å²) in [6.07, 6.45) is 5.45. The van der Waals surface area contributed by atoms with Crippen LogP contribution in [0.25, 0.3) is 33.6 Å². The second-order valence-electron chi connectivity index (χ2n) is 12.0. The molecule has 2 fully saturated rings. The molecule has 5 aromatic rings. The van der Waals surface area contributed by atoms with E-state index in [9.17, 15) is 9.59 Å². The van der Waals surface area contributed by atoms with E-state index in [1.165, 1.54) is 0 Å². The molecule has 3 aromatic carbocycles. The number of nitrogens with zero attached hydrogens (tertiary/aromatic N) is 5. The highest BCUT2D eigenvalue weighted by Gasteiger charge is 2.31. The molecule has 2 aromatic heterocycles. The van der Waals surface area contributed by atoms with Crippen molar-refractivity contribution in [2.24, 2.45) is 0 Å². The number of rotatable bonds is 6. The van der Waals surface area contributed by atoms with Gasteiger partial charge in [-0.25, -0.2) is 4.98 Å². The Hall–Kier alpha value is -5.14. The van der Waals surface area contributed by atoms with E-state index in [1.807, 2.05) is 119 Å². The van der Waals surface area contributed by atoms with Crippen molar-refractivity contribution in [3.63, 3.8) is 0 Å². The Bertz CT molecular complexity index is 1720. The van der Waals surface area contributed by atoms with Gasteiger partial charge >= 0.3 is 0 Å². The van der Waals surface area contributed by atoms with Crippen molar-refractivity contribution < 1.29 is 9.59 Å². The van der Waals surface area contributed by atoms with Crippen molar-refractivity contribution >= 4 is 11.8 Å². The lowest BCUT2D eigenvalue weighted by molar-refractivity contribution is 0.0412. The minimum atomic E-state index is 0.0479. The normalized spacial score (nSPS) is 15.9. The number of aromatic nitrogens is 2. The fourth-order valence-corrected chi connectivity index (χ4v) is 6.61. The number of carbonyl (C=O) groups is 2. The van der Waals surface area contributed by atoms with Gasteiger partial charge in [-0.05, 0) is 60.4 Å². The molecule has 0 spiro atoms. The number of pyridine rings is 2. The Balaban J connectivity index is 0.962. The van der Waals surface area contributed by atoms with Gasteiger partial charge in [0, 0.05) is 80.0 Å². The molecule has 0 N–H and O–H groups in total. The summed E-state index contributed by atoms with van der Waals surface area (Å²) in [7, 11) is 0. The van der Waals surface area contributed by atoms with E-state index >= 15 is 0 Å². The van der Waals surface area contributed by atoms with Crippen LogP contribution in [0.4, 0.5) is 0 Å². The Morgan fingerprint density at radius 2 is 1.02 bits per heavy atom. The van der Waals surface area contributed by atoms with Crippen LogP contribution in [0, 0.1) is 0 Å². The maximum Gasteiger partial charge on any atom is 0.254 e. The molecule has 0 aliphatic carbocycles. The van der Waals surface area contributed by atoms with Crippen LogP contribution >= 0.6 is 0 Å². The molecule has 0 saturated carbocycles. The molecule has 7 heteroatoms. The molecule has 4 heterocycles. The minimum Gasteiger partial charge on any atom is -0.339 e. The zero-order valence-corrected chi connectivity index (χ0v) is 25.8. The number of benzene rings is 3. The third kappa shape index (κ3) is 6.46. The van der Waals surface area contributed by atoms with Crippen molar-refractivity contribution in [2.45, 2.75) is 18.9 Å². The lowest BCUT2D eigenvalue weighted by Crippen LogP contribution is -2.54. The van der Waals surface area contributed by atoms with E-state index < -0.39 is 0 Å². The maximum absolute atomic E-state index is 13.8. The van der Waals surface area contributed by atoms with Crippen LogP contribution in [0.15, 0.2) is 122 Å². The zero-order valence-electron chi connectivity index (χ0n) is 25.8. The van der Waals surface area contributed by atoms with Crippen LogP contribution in [0.3, 0.4) is 0 Å². The van der Waals surface area contributed by atoms with E-state index in [2.05, 4.69) is 9.88 Å². The molecule has 7 nitrogen and oxygen atoms in total. The predicted octanol–water partition coefficient (Wildman–Crippen LogP) is 6.54. The van der Waals surface area contributed by atoms with Gasteiger partial charge in [-0.15, -0.1) is 0 Å². The van der Waals surface area contributed by atoms with Crippen LogP contribution in [-0.2, 0) is 0 Å². The Kier molecular flexibility index (Phi) is 8.65. The van der Waals surface area contributed by atoms with Crippen molar-refractivity contribution in [1.29, 1.82) is 0 Å². The van der Waals surface area contributed by atoms with E-state index in [-0.39, 0.29) is 11.8 Å². The fraction of sp³-hybridized carbons (Fsp3) is 0.231. The molecule has 7 rings (SSSR count). The Morgan fingerprint density at radius 3 is 1.59 bits per heavy atom. The first-order valence-corrected chi connectivity index (χ1v) is 16.1. The van der Waals surface area contributed by atoms with Gasteiger partial charge in [0.2, 0.25) is 0 Å². The van der Waals surface area contributed by atoms with Gasteiger partial charge in [0.25, 0.3) is 11.8 Å². The molecule has 0 atom stereocenters. The molecule has 46 heavy (non-hydrogen) atoms. The van der Waals surface area contributed by atoms with Crippen molar-refractivity contribution in [1.82, 2.24) is 24.7 Å². The number of piperidine rings is 1. The van der Waals surface area contributed by atoms with Gasteiger partial charge in [-0.1, -0.05) is 72.8 Å². The highest BCUT2D eigenvalue weighted by Crippen LogP contribution is 2.27. The zero-order chi connectivity index (χ0) is 31.3. The molecular weight excluding hydrogens is 570 g/mol. The Morgan fingerprint density at radius 1 is 0.522 bits per heavy atom. The first-order chi connectivity index (χ1) is 22.6. The molecule has 2 amide bonds. The smallest absolute Gasteiger partial charge is 0.254 e. The topological polar surface area (TPSA) is 69.6 Å². The molecule has 0 unspecified atom stereocenters. The number of amides is 2. The second-order valence-corrected chi connectivity index (χ2v) is 12.0. The summed E-state index contributed by atoms with van der Waals surface area (Å²) in [5, 5.41) is 0. The van der Waals surface area contributed by atoms with E-state index in [0.717, 1.165) is 78.2 Å². The standard InChI is InChI=1S/C39H37N5O2/c45-38(33-13-11-29(12-14-33)30-15-19-40-20-16-30)43-21-17-35(18-22-43)42-23-25-44(26-24-42)39(46)34-27-36(31-7-3-1-4-8-31)41-37(28-34)32-9-5-2-6-10-32/h1-16,19-20,27-28,35H,17-18,21-26H2. The third-order valence-corrected chi connectivity index (χ3v) is 9.23. The summed E-state index contributed by atoms with van der Waals surface area (Å²) in [5.41, 5.74) is 7.15. The molecule has 2 aliphatic heterocycles. The number of carbonyl (C=O) groups excluding carboxylic acids is 2. The summed E-state index contributed by atoms with van der Waals surface area (Å²) in [6.45, 7) is 4.54. The quantitative estimate of drug-likeness (QED) is 0.219. The Labute approximate surface area is 270 Å². The molecular formula is C39H37N5O2. The van der Waals surface area contributed by atoms with E-state index in [0.29, 0.717) is 24.7 Å². The van der Waals surface area contributed by atoms with Gasteiger partial charge in [-0.2, -0.15) is 0 Å². The lowest BCUT2D eigenvalue weighted by atomic mass is 10.00. The molecule has 230 valence electrons. The molecule has 0 bridgehead atoms. The second kappa shape index (κ2) is 13.5. The molecule has 2 aliphatic rings. The third-order valence-electron chi connectivity index (χ3n) is 9.23. The van der Waals surface area contributed by atoms with Crippen LogP contribution < -0.4 is 0 Å². The SMILES string of the molecule is O=C(c1ccc(-c2ccncc2)cc1)N1CCC(N2CCN(C(=O)c3cc(-c4ccccc4)nc(-c4ccccc4)c3)CC2)CC1. The summed E-state index contributed by atoms with van der Waals surface area (Å²) < 4.78 is 0. The van der Waals surface area contributed by atoms with Gasteiger partial charge in [0.15, 0.2) is 0 Å². The summed E-state index contributed by atoms with van der Waals surface area (Å²) >= 11 is 0. The summed E-state index contributed by atoms with van der Waals surface area (Å²) in [4.78, 5) is 42.6. The van der Waals surface area contributed by atoms with Crippen LogP contribution in [0.1, 0.15) is 33.6 Å². The largest absolute Gasteiger partial charge is 0.339 e.